The van der Waals surface area contributed by atoms with Gasteiger partial charge in [0.25, 0.3) is 0 Å². The topological polar surface area (TPSA) is 83.3 Å². The third-order valence-corrected chi connectivity index (χ3v) is 6.88. The van der Waals surface area contributed by atoms with Crippen LogP contribution in [0.2, 0.25) is 0 Å². The van der Waals surface area contributed by atoms with Gasteiger partial charge in [0.15, 0.2) is 0 Å². The molecule has 0 aliphatic carbocycles. The molecule has 8 heteroatoms. The Morgan fingerprint density at radius 1 is 1.14 bits per heavy atom. The molecule has 2 aromatic heterocycles. The summed E-state index contributed by atoms with van der Waals surface area (Å²) in [7, 11) is 0. The smallest absolute Gasteiger partial charge is 0.323 e. The zero-order chi connectivity index (χ0) is 25.7. The number of carbonyl (C=O) groups is 1. The molecule has 4 aromatic rings. The number of halogens is 1. The Morgan fingerprint density at radius 3 is 2.61 bits per heavy atom. The highest BCUT2D eigenvalue weighted by Gasteiger charge is 2.14. The van der Waals surface area contributed by atoms with Gasteiger partial charge in [-0.05, 0) is 60.8 Å². The van der Waals surface area contributed by atoms with Crippen molar-refractivity contribution in [3.8, 4) is 23.0 Å². The van der Waals surface area contributed by atoms with E-state index in [9.17, 15) is 9.18 Å². The van der Waals surface area contributed by atoms with Crippen LogP contribution in [0.5, 0.6) is 0 Å². The first-order chi connectivity index (χ1) is 17.4. The van der Waals surface area contributed by atoms with E-state index in [4.69, 9.17) is 5.73 Å². The number of rotatable bonds is 6. The number of fused-ring (bicyclic) bond motifs is 1. The van der Waals surface area contributed by atoms with Gasteiger partial charge in [-0.2, -0.15) is 0 Å². The number of urea groups is 1. The molecule has 0 saturated carbocycles. The standard InChI is InChI=1S/C28H28FN5OS/c1-4-34(5-2)14-6-7-20-16-31-27(30)25-22(17-36-26(20)25)19-9-11-21(12-10-19)32-28(35)33-24-15-18(3)8-13-23(24)29/h8-13,15-17H,4-5,14H2,1-3H3,(H2,30,31)(H2,32,33,35). The van der Waals surface area contributed by atoms with E-state index in [-0.39, 0.29) is 5.69 Å². The summed E-state index contributed by atoms with van der Waals surface area (Å²) >= 11 is 1.59. The van der Waals surface area contributed by atoms with Crippen LogP contribution in [0.4, 0.5) is 26.4 Å². The summed E-state index contributed by atoms with van der Waals surface area (Å²) in [4.78, 5) is 19.0. The highest BCUT2D eigenvalue weighted by molar-refractivity contribution is 7.18. The Hall–Kier alpha value is -3.93. The molecule has 2 amide bonds. The van der Waals surface area contributed by atoms with Crippen molar-refractivity contribution in [2.24, 2.45) is 0 Å². The highest BCUT2D eigenvalue weighted by atomic mass is 32.1. The first-order valence-corrected chi connectivity index (χ1v) is 12.6. The van der Waals surface area contributed by atoms with E-state index in [1.54, 1.807) is 41.8 Å². The zero-order valence-electron chi connectivity index (χ0n) is 20.5. The second-order valence-corrected chi connectivity index (χ2v) is 9.19. The second kappa shape index (κ2) is 11.2. The lowest BCUT2D eigenvalue weighted by atomic mass is 10.0. The molecule has 0 aliphatic rings. The maximum absolute atomic E-state index is 13.9. The number of nitrogens with one attached hydrogen (secondary N) is 2. The molecule has 0 radical (unpaired) electrons. The summed E-state index contributed by atoms with van der Waals surface area (Å²) < 4.78 is 14.9. The van der Waals surface area contributed by atoms with E-state index in [1.807, 2.05) is 24.4 Å². The van der Waals surface area contributed by atoms with Crippen molar-refractivity contribution in [3.05, 3.63) is 71.0 Å². The van der Waals surface area contributed by atoms with E-state index in [0.717, 1.165) is 45.4 Å². The van der Waals surface area contributed by atoms with Gasteiger partial charge in [-0.15, -0.1) is 11.3 Å². The van der Waals surface area contributed by atoms with Crippen LogP contribution >= 0.6 is 11.3 Å². The molecule has 0 aliphatic heterocycles. The Morgan fingerprint density at radius 2 is 1.89 bits per heavy atom. The summed E-state index contributed by atoms with van der Waals surface area (Å²) in [5, 5.41) is 8.21. The van der Waals surface area contributed by atoms with E-state index in [0.29, 0.717) is 18.1 Å². The van der Waals surface area contributed by atoms with Crippen molar-refractivity contribution >= 4 is 44.6 Å². The zero-order valence-corrected chi connectivity index (χ0v) is 21.3. The van der Waals surface area contributed by atoms with Crippen LogP contribution in [0, 0.1) is 24.6 Å². The third-order valence-electron chi connectivity index (χ3n) is 5.87. The number of anilines is 3. The molecular weight excluding hydrogens is 473 g/mol. The number of hydrogen-bond donors (Lipinski definition) is 3. The van der Waals surface area contributed by atoms with Crippen LogP contribution in [0.1, 0.15) is 25.0 Å². The molecule has 0 bridgehead atoms. The molecular formula is C28H28FN5OS. The van der Waals surface area contributed by atoms with Crippen LogP contribution in [0.25, 0.3) is 21.2 Å². The number of pyridine rings is 1. The molecule has 184 valence electrons. The van der Waals surface area contributed by atoms with Crippen molar-refractivity contribution in [2.75, 3.05) is 36.0 Å². The van der Waals surface area contributed by atoms with Gasteiger partial charge in [0, 0.05) is 22.8 Å². The quantitative estimate of drug-likeness (QED) is 0.270. The average molecular weight is 502 g/mol. The Balaban J connectivity index is 1.53. The molecule has 0 unspecified atom stereocenters. The number of carbonyl (C=O) groups excluding carboxylic acids is 1. The third kappa shape index (κ3) is 5.65. The Labute approximate surface area is 214 Å². The first-order valence-electron chi connectivity index (χ1n) is 11.7. The minimum Gasteiger partial charge on any atom is -0.383 e. The van der Waals surface area contributed by atoms with Crippen LogP contribution in [0.3, 0.4) is 0 Å². The van der Waals surface area contributed by atoms with Gasteiger partial charge >= 0.3 is 6.03 Å². The SMILES string of the molecule is CCN(CC)CC#Cc1cnc(N)c2c(-c3ccc(NC(=O)Nc4cc(C)ccc4F)cc3)csc12. The Bertz CT molecular complexity index is 1450. The summed E-state index contributed by atoms with van der Waals surface area (Å²) in [5.74, 6) is 6.47. The number of hydrogen-bond acceptors (Lipinski definition) is 5. The maximum Gasteiger partial charge on any atom is 0.323 e. The number of aromatic nitrogens is 1. The molecule has 0 spiro atoms. The average Bonchev–Trinajstić information content (AvgIpc) is 3.32. The summed E-state index contributed by atoms with van der Waals surface area (Å²) in [5.41, 5.74) is 10.6. The Kier molecular flexibility index (Phi) is 7.84. The summed E-state index contributed by atoms with van der Waals surface area (Å²) in [6.45, 7) is 8.70. The van der Waals surface area contributed by atoms with Gasteiger partial charge in [0.05, 0.1) is 22.5 Å². The molecule has 0 saturated heterocycles. The predicted molar refractivity (Wildman–Crippen MR) is 148 cm³/mol. The number of amides is 2. The molecule has 2 aromatic carbocycles. The van der Waals surface area contributed by atoms with Gasteiger partial charge < -0.3 is 16.4 Å². The number of nitrogens with zero attached hydrogens (tertiary/aromatic N) is 2. The fourth-order valence-corrected chi connectivity index (χ4v) is 4.87. The summed E-state index contributed by atoms with van der Waals surface area (Å²) in [6.07, 6.45) is 1.73. The molecule has 0 atom stereocenters. The molecule has 2 heterocycles. The fourth-order valence-electron chi connectivity index (χ4n) is 3.82. The van der Waals surface area contributed by atoms with Crippen molar-refractivity contribution in [3.63, 3.8) is 0 Å². The molecule has 4 rings (SSSR count). The van der Waals surface area contributed by atoms with Crippen molar-refractivity contribution < 1.29 is 9.18 Å². The monoisotopic (exact) mass is 501 g/mol. The van der Waals surface area contributed by atoms with Gasteiger partial charge in [-0.1, -0.05) is 43.9 Å². The van der Waals surface area contributed by atoms with Crippen molar-refractivity contribution in [2.45, 2.75) is 20.8 Å². The predicted octanol–water partition coefficient (Wildman–Crippen LogP) is 6.33. The lowest BCUT2D eigenvalue weighted by Gasteiger charge is -2.13. The van der Waals surface area contributed by atoms with Gasteiger partial charge in [-0.25, -0.2) is 14.2 Å². The maximum atomic E-state index is 13.9. The van der Waals surface area contributed by atoms with Crippen LogP contribution in [-0.2, 0) is 0 Å². The van der Waals surface area contributed by atoms with Crippen LogP contribution < -0.4 is 16.4 Å². The van der Waals surface area contributed by atoms with Gasteiger partial charge in [0.1, 0.15) is 11.6 Å². The number of nitrogens with two attached hydrogens (primary N) is 1. The minimum atomic E-state index is -0.519. The molecule has 4 N–H and O–H groups in total. The van der Waals surface area contributed by atoms with Crippen molar-refractivity contribution in [1.82, 2.24) is 9.88 Å². The van der Waals surface area contributed by atoms with Crippen LogP contribution in [-0.4, -0.2) is 35.5 Å². The van der Waals surface area contributed by atoms with Crippen LogP contribution in [0.15, 0.2) is 54.0 Å². The van der Waals surface area contributed by atoms with Crippen molar-refractivity contribution in [1.29, 1.82) is 0 Å². The first kappa shape index (κ1) is 25.2. The van der Waals surface area contributed by atoms with E-state index in [1.165, 1.54) is 6.07 Å². The molecule has 36 heavy (non-hydrogen) atoms. The van der Waals surface area contributed by atoms with Gasteiger partial charge in [0.2, 0.25) is 0 Å². The summed E-state index contributed by atoms with van der Waals surface area (Å²) in [6, 6.07) is 11.4. The normalized spacial score (nSPS) is 10.8. The van der Waals surface area contributed by atoms with Gasteiger partial charge in [-0.3, -0.25) is 4.90 Å². The lowest BCUT2D eigenvalue weighted by molar-refractivity contribution is 0.262. The second-order valence-electron chi connectivity index (χ2n) is 8.31. The number of nitrogen functional groups attached to an aromatic ring is 1. The van der Waals surface area contributed by atoms with E-state index in [2.05, 4.69) is 46.2 Å². The van der Waals surface area contributed by atoms with E-state index >= 15 is 0 Å². The molecule has 6 nitrogen and oxygen atoms in total. The number of thiophene rings is 1. The highest BCUT2D eigenvalue weighted by Crippen LogP contribution is 2.38. The van der Waals surface area contributed by atoms with E-state index < -0.39 is 11.8 Å². The largest absolute Gasteiger partial charge is 0.383 e. The number of benzene rings is 2. The molecule has 0 fully saturated rings. The minimum absolute atomic E-state index is 0.132. The lowest BCUT2D eigenvalue weighted by Crippen LogP contribution is -2.22. The fraction of sp³-hybridized carbons (Fsp3) is 0.214. The number of aryl methyl sites for hydroxylation is 1.